The predicted molar refractivity (Wildman–Crippen MR) is 82.8 cm³/mol. The number of carbonyl (C=O) groups is 1. The van der Waals surface area contributed by atoms with Crippen LogP contribution in [0.3, 0.4) is 0 Å². The highest BCUT2D eigenvalue weighted by molar-refractivity contribution is 9.10. The van der Waals surface area contributed by atoms with E-state index in [-0.39, 0.29) is 5.91 Å². The van der Waals surface area contributed by atoms with Crippen molar-refractivity contribution >= 4 is 21.8 Å². The van der Waals surface area contributed by atoms with Crippen LogP contribution >= 0.6 is 15.9 Å². The van der Waals surface area contributed by atoms with E-state index in [1.807, 2.05) is 6.07 Å². The Bertz CT molecular complexity index is 443. The minimum Gasteiger partial charge on any atom is -0.382 e. The SMILES string of the molecule is COCCOCCCOCc1ccc(C(=O)NN)cc1Br. The average Bonchev–Trinajstić information content (AvgIpc) is 2.50. The fraction of sp³-hybridized carbons (Fsp3) is 0.500. The van der Waals surface area contributed by atoms with E-state index in [2.05, 4.69) is 21.4 Å². The Kier molecular flexibility index (Phi) is 9.20. The van der Waals surface area contributed by atoms with Crippen molar-refractivity contribution in [3.8, 4) is 0 Å². The van der Waals surface area contributed by atoms with Gasteiger partial charge in [-0.05, 0) is 24.1 Å². The summed E-state index contributed by atoms with van der Waals surface area (Å²) in [6, 6.07) is 5.26. The molecule has 0 radical (unpaired) electrons. The fourth-order valence-corrected chi connectivity index (χ4v) is 2.07. The molecule has 21 heavy (non-hydrogen) atoms. The molecule has 3 N–H and O–H groups in total. The maximum atomic E-state index is 11.4. The van der Waals surface area contributed by atoms with E-state index in [1.165, 1.54) is 0 Å². The number of benzene rings is 1. The number of halogens is 1. The summed E-state index contributed by atoms with van der Waals surface area (Å²) < 4.78 is 16.6. The Hall–Kier alpha value is -0.990. The highest BCUT2D eigenvalue weighted by Gasteiger charge is 2.07. The van der Waals surface area contributed by atoms with Gasteiger partial charge in [0.1, 0.15) is 0 Å². The molecule has 1 aromatic rings. The van der Waals surface area contributed by atoms with Crippen molar-refractivity contribution in [3.05, 3.63) is 33.8 Å². The van der Waals surface area contributed by atoms with Crippen LogP contribution in [0.5, 0.6) is 0 Å². The molecule has 0 heterocycles. The lowest BCUT2D eigenvalue weighted by molar-refractivity contribution is 0.0482. The maximum Gasteiger partial charge on any atom is 0.265 e. The van der Waals surface area contributed by atoms with E-state index in [0.717, 1.165) is 16.5 Å². The highest BCUT2D eigenvalue weighted by atomic mass is 79.9. The van der Waals surface area contributed by atoms with Gasteiger partial charge in [-0.3, -0.25) is 10.2 Å². The first-order valence-electron chi connectivity index (χ1n) is 6.62. The summed E-state index contributed by atoms with van der Waals surface area (Å²) in [6.07, 6.45) is 0.828. The molecule has 0 spiro atoms. The number of hydrogen-bond donors (Lipinski definition) is 2. The number of rotatable bonds is 10. The molecule has 0 atom stereocenters. The lowest BCUT2D eigenvalue weighted by Crippen LogP contribution is -2.29. The van der Waals surface area contributed by atoms with Gasteiger partial charge in [0.2, 0.25) is 0 Å². The van der Waals surface area contributed by atoms with Crippen molar-refractivity contribution in [2.45, 2.75) is 13.0 Å². The monoisotopic (exact) mass is 360 g/mol. The summed E-state index contributed by atoms with van der Waals surface area (Å²) in [7, 11) is 1.65. The molecule has 118 valence electrons. The number of hydrogen-bond acceptors (Lipinski definition) is 5. The molecule has 0 aliphatic carbocycles. The average molecular weight is 361 g/mol. The van der Waals surface area contributed by atoms with Crippen molar-refractivity contribution in [3.63, 3.8) is 0 Å². The molecule has 0 bridgehead atoms. The largest absolute Gasteiger partial charge is 0.382 e. The number of amides is 1. The van der Waals surface area contributed by atoms with E-state index < -0.39 is 0 Å². The first kappa shape index (κ1) is 18.1. The standard InChI is InChI=1S/C14H21BrN2O4/c1-19-7-8-20-5-2-6-21-10-12-4-3-11(9-13(12)15)14(18)17-16/h3-4,9H,2,5-8,10,16H2,1H3,(H,17,18). The van der Waals surface area contributed by atoms with E-state index >= 15 is 0 Å². The molecule has 0 saturated heterocycles. The molecule has 0 fully saturated rings. The first-order chi connectivity index (χ1) is 10.2. The number of hydrazine groups is 1. The number of ether oxygens (including phenoxy) is 3. The summed E-state index contributed by atoms with van der Waals surface area (Å²) in [5.41, 5.74) is 3.57. The van der Waals surface area contributed by atoms with E-state index in [4.69, 9.17) is 20.1 Å². The lowest BCUT2D eigenvalue weighted by Gasteiger charge is -2.08. The van der Waals surface area contributed by atoms with Gasteiger partial charge < -0.3 is 14.2 Å². The van der Waals surface area contributed by atoms with Crippen molar-refractivity contribution < 1.29 is 19.0 Å². The number of nitrogen functional groups attached to an aromatic ring is 1. The van der Waals surface area contributed by atoms with Crippen LogP contribution in [0.4, 0.5) is 0 Å². The van der Waals surface area contributed by atoms with Crippen LogP contribution < -0.4 is 11.3 Å². The number of methoxy groups -OCH3 is 1. The summed E-state index contributed by atoms with van der Waals surface area (Å²) >= 11 is 3.42. The van der Waals surface area contributed by atoms with Crippen molar-refractivity contribution in [1.82, 2.24) is 5.43 Å². The van der Waals surface area contributed by atoms with Crippen LogP contribution in [-0.2, 0) is 20.8 Å². The second kappa shape index (κ2) is 10.7. The second-order valence-electron chi connectivity index (χ2n) is 4.29. The molecule has 1 amide bonds. The molecule has 7 heteroatoms. The van der Waals surface area contributed by atoms with Gasteiger partial charge in [0.25, 0.3) is 5.91 Å². The molecule has 0 aliphatic heterocycles. The van der Waals surface area contributed by atoms with Gasteiger partial charge in [-0.1, -0.05) is 22.0 Å². The van der Waals surface area contributed by atoms with Gasteiger partial charge >= 0.3 is 0 Å². The Morgan fingerprint density at radius 1 is 1.24 bits per heavy atom. The maximum absolute atomic E-state index is 11.4. The molecule has 0 saturated carbocycles. The molecule has 0 aliphatic rings. The smallest absolute Gasteiger partial charge is 0.265 e. The quantitative estimate of drug-likeness (QED) is 0.286. The molecule has 6 nitrogen and oxygen atoms in total. The van der Waals surface area contributed by atoms with Crippen molar-refractivity contribution in [1.29, 1.82) is 0 Å². The van der Waals surface area contributed by atoms with Crippen LogP contribution in [0.2, 0.25) is 0 Å². The first-order valence-corrected chi connectivity index (χ1v) is 7.42. The van der Waals surface area contributed by atoms with E-state index in [0.29, 0.717) is 38.6 Å². The normalized spacial score (nSPS) is 10.6. The minimum atomic E-state index is -0.323. The third-order valence-corrected chi connectivity index (χ3v) is 3.45. The van der Waals surface area contributed by atoms with Gasteiger partial charge in [-0.2, -0.15) is 0 Å². The summed E-state index contributed by atoms with van der Waals surface area (Å²) in [5, 5.41) is 0. The second-order valence-corrected chi connectivity index (χ2v) is 5.15. The number of nitrogens with one attached hydrogen (secondary N) is 1. The fourth-order valence-electron chi connectivity index (χ4n) is 1.58. The third-order valence-electron chi connectivity index (χ3n) is 2.71. The Balaban J connectivity index is 2.25. The van der Waals surface area contributed by atoms with E-state index in [9.17, 15) is 4.79 Å². The number of nitrogens with two attached hydrogens (primary N) is 1. The van der Waals surface area contributed by atoms with Gasteiger partial charge in [0, 0.05) is 30.4 Å². The van der Waals surface area contributed by atoms with Crippen molar-refractivity contribution in [2.24, 2.45) is 5.84 Å². The minimum absolute atomic E-state index is 0.323. The molecular formula is C14H21BrN2O4. The van der Waals surface area contributed by atoms with Gasteiger partial charge in [0.15, 0.2) is 0 Å². The zero-order valence-corrected chi connectivity index (χ0v) is 13.6. The predicted octanol–water partition coefficient (Wildman–Crippen LogP) is 1.62. The van der Waals surface area contributed by atoms with Gasteiger partial charge in [0.05, 0.1) is 19.8 Å². The summed E-state index contributed by atoms with van der Waals surface area (Å²) in [6.45, 7) is 2.96. The highest BCUT2D eigenvalue weighted by Crippen LogP contribution is 2.19. The Labute approximate surface area is 133 Å². The van der Waals surface area contributed by atoms with Crippen LogP contribution in [0.15, 0.2) is 22.7 Å². The van der Waals surface area contributed by atoms with Crippen LogP contribution in [-0.4, -0.2) is 39.4 Å². The van der Waals surface area contributed by atoms with Crippen LogP contribution in [0.1, 0.15) is 22.3 Å². The van der Waals surface area contributed by atoms with Crippen LogP contribution in [0.25, 0.3) is 0 Å². The van der Waals surface area contributed by atoms with Gasteiger partial charge in [-0.15, -0.1) is 0 Å². The number of carbonyl (C=O) groups excluding carboxylic acids is 1. The van der Waals surface area contributed by atoms with Crippen LogP contribution in [0, 0.1) is 0 Å². The Morgan fingerprint density at radius 3 is 2.67 bits per heavy atom. The molecule has 0 unspecified atom stereocenters. The topological polar surface area (TPSA) is 82.8 Å². The van der Waals surface area contributed by atoms with Gasteiger partial charge in [-0.25, -0.2) is 5.84 Å². The van der Waals surface area contributed by atoms with E-state index in [1.54, 1.807) is 19.2 Å². The lowest BCUT2D eigenvalue weighted by atomic mass is 10.1. The molecule has 1 rings (SSSR count). The molecular weight excluding hydrogens is 340 g/mol. The third kappa shape index (κ3) is 7.01. The zero-order chi connectivity index (χ0) is 15.5. The van der Waals surface area contributed by atoms with Crippen molar-refractivity contribution in [2.75, 3.05) is 33.5 Å². The Morgan fingerprint density at radius 2 is 2.00 bits per heavy atom. The summed E-state index contributed by atoms with van der Waals surface area (Å²) in [5.74, 6) is 4.77. The molecule has 0 aromatic heterocycles. The summed E-state index contributed by atoms with van der Waals surface area (Å²) in [4.78, 5) is 11.4. The zero-order valence-electron chi connectivity index (χ0n) is 12.1. The molecule has 1 aromatic carbocycles.